The van der Waals surface area contributed by atoms with Gasteiger partial charge in [0.25, 0.3) is 0 Å². The zero-order valence-corrected chi connectivity index (χ0v) is 13.6. The van der Waals surface area contributed by atoms with Gasteiger partial charge in [-0.25, -0.2) is 4.98 Å². The van der Waals surface area contributed by atoms with Crippen LogP contribution in [0.1, 0.15) is 25.0 Å². The van der Waals surface area contributed by atoms with Crippen LogP contribution in [-0.2, 0) is 13.2 Å². The van der Waals surface area contributed by atoms with Crippen LogP contribution in [0.3, 0.4) is 0 Å². The topological polar surface area (TPSA) is 34.1 Å². The number of ether oxygens (including phenoxy) is 1. The summed E-state index contributed by atoms with van der Waals surface area (Å²) in [6.07, 6.45) is 1.62. The van der Waals surface area contributed by atoms with Gasteiger partial charge in [-0.1, -0.05) is 49.2 Å². The monoisotopic (exact) mass is 324 g/mol. The third kappa shape index (κ3) is 5.20. The van der Waals surface area contributed by atoms with Gasteiger partial charge in [0.1, 0.15) is 6.61 Å². The van der Waals surface area contributed by atoms with Crippen LogP contribution in [0, 0.1) is 0 Å². The number of rotatable bonds is 6. The first kappa shape index (κ1) is 16.1. The normalized spacial score (nSPS) is 10.9. The molecule has 2 rings (SSSR count). The van der Waals surface area contributed by atoms with Crippen molar-refractivity contribution in [2.45, 2.75) is 33.0 Å². The van der Waals surface area contributed by atoms with Gasteiger partial charge in [-0.15, -0.1) is 0 Å². The number of hydrogen-bond donors (Lipinski definition) is 1. The van der Waals surface area contributed by atoms with Gasteiger partial charge in [0.2, 0.25) is 5.88 Å². The molecular weight excluding hydrogens is 307 g/mol. The summed E-state index contributed by atoms with van der Waals surface area (Å²) in [4.78, 5) is 4.19. The first-order valence-electron chi connectivity index (χ1n) is 6.79. The second kappa shape index (κ2) is 7.64. The van der Waals surface area contributed by atoms with Crippen LogP contribution in [0.25, 0.3) is 0 Å². The molecule has 1 N–H and O–H groups in total. The standard InChI is InChI=1S/C16H18Cl2N2O/c1-11(2)19-8-13-7-16(20-9-15(13)18)21-10-12-3-5-14(17)6-4-12/h3-7,9,11,19H,8,10H2,1-2H3. The van der Waals surface area contributed by atoms with Crippen LogP contribution in [0.15, 0.2) is 36.5 Å². The molecule has 1 aromatic heterocycles. The molecule has 1 aromatic carbocycles. The van der Waals surface area contributed by atoms with E-state index in [4.69, 9.17) is 27.9 Å². The maximum atomic E-state index is 6.14. The van der Waals surface area contributed by atoms with Crippen molar-refractivity contribution in [2.75, 3.05) is 0 Å². The molecule has 3 nitrogen and oxygen atoms in total. The van der Waals surface area contributed by atoms with Gasteiger partial charge < -0.3 is 10.1 Å². The van der Waals surface area contributed by atoms with Gasteiger partial charge in [0.05, 0.1) is 5.02 Å². The Hall–Kier alpha value is -1.29. The molecule has 1 heterocycles. The molecule has 21 heavy (non-hydrogen) atoms. The molecule has 0 radical (unpaired) electrons. The van der Waals surface area contributed by atoms with Crippen LogP contribution >= 0.6 is 23.2 Å². The lowest BCUT2D eigenvalue weighted by molar-refractivity contribution is 0.293. The van der Waals surface area contributed by atoms with Crippen molar-refractivity contribution < 1.29 is 4.74 Å². The van der Waals surface area contributed by atoms with Crippen LogP contribution in [0.4, 0.5) is 0 Å². The van der Waals surface area contributed by atoms with E-state index in [9.17, 15) is 0 Å². The van der Waals surface area contributed by atoms with Crippen molar-refractivity contribution in [1.29, 1.82) is 0 Å². The van der Waals surface area contributed by atoms with E-state index in [0.29, 0.717) is 35.1 Å². The maximum Gasteiger partial charge on any atom is 0.213 e. The molecule has 0 aliphatic rings. The molecule has 0 bridgehead atoms. The Morgan fingerprint density at radius 1 is 1.19 bits per heavy atom. The molecule has 2 aromatic rings. The highest BCUT2D eigenvalue weighted by molar-refractivity contribution is 6.31. The number of benzene rings is 1. The van der Waals surface area contributed by atoms with Crippen molar-refractivity contribution in [3.05, 3.63) is 57.7 Å². The molecule has 5 heteroatoms. The van der Waals surface area contributed by atoms with E-state index in [2.05, 4.69) is 24.1 Å². The lowest BCUT2D eigenvalue weighted by Gasteiger charge is -2.11. The Kier molecular flexibility index (Phi) is 5.85. The summed E-state index contributed by atoms with van der Waals surface area (Å²) < 4.78 is 5.69. The fourth-order valence-corrected chi connectivity index (χ4v) is 2.02. The van der Waals surface area contributed by atoms with E-state index in [1.54, 1.807) is 6.20 Å². The zero-order valence-electron chi connectivity index (χ0n) is 12.1. The first-order valence-corrected chi connectivity index (χ1v) is 7.55. The largest absolute Gasteiger partial charge is 0.473 e. The quantitative estimate of drug-likeness (QED) is 0.851. The Morgan fingerprint density at radius 2 is 1.90 bits per heavy atom. The predicted octanol–water partition coefficient (Wildman–Crippen LogP) is 4.47. The Balaban J connectivity index is 1.99. The minimum atomic E-state index is 0.396. The minimum absolute atomic E-state index is 0.396. The number of nitrogens with zero attached hydrogens (tertiary/aromatic N) is 1. The molecule has 112 valence electrons. The third-order valence-electron chi connectivity index (χ3n) is 2.91. The summed E-state index contributed by atoms with van der Waals surface area (Å²) in [5, 5.41) is 4.68. The third-order valence-corrected chi connectivity index (χ3v) is 3.50. The summed E-state index contributed by atoms with van der Waals surface area (Å²) in [6, 6.07) is 9.81. The van der Waals surface area contributed by atoms with E-state index in [-0.39, 0.29) is 0 Å². The second-order valence-electron chi connectivity index (χ2n) is 5.06. The average Bonchev–Trinajstić information content (AvgIpc) is 2.46. The highest BCUT2D eigenvalue weighted by atomic mass is 35.5. The molecule has 0 unspecified atom stereocenters. The predicted molar refractivity (Wildman–Crippen MR) is 87.0 cm³/mol. The van der Waals surface area contributed by atoms with Crippen molar-refractivity contribution in [3.63, 3.8) is 0 Å². The van der Waals surface area contributed by atoms with Crippen molar-refractivity contribution in [3.8, 4) is 5.88 Å². The smallest absolute Gasteiger partial charge is 0.213 e. The average molecular weight is 325 g/mol. The van der Waals surface area contributed by atoms with Crippen LogP contribution < -0.4 is 10.1 Å². The lowest BCUT2D eigenvalue weighted by Crippen LogP contribution is -2.22. The molecule has 0 amide bonds. The molecule has 0 spiro atoms. The number of pyridine rings is 1. The number of nitrogens with one attached hydrogen (secondary N) is 1. The van der Waals surface area contributed by atoms with Gasteiger partial charge >= 0.3 is 0 Å². The van der Waals surface area contributed by atoms with E-state index < -0.39 is 0 Å². The molecule has 0 atom stereocenters. The molecule has 0 saturated carbocycles. The van der Waals surface area contributed by atoms with Gasteiger partial charge in [0.15, 0.2) is 0 Å². The van der Waals surface area contributed by atoms with Crippen molar-refractivity contribution >= 4 is 23.2 Å². The Morgan fingerprint density at radius 3 is 2.57 bits per heavy atom. The summed E-state index contributed by atoms with van der Waals surface area (Å²) >= 11 is 12.0. The lowest BCUT2D eigenvalue weighted by atomic mass is 10.2. The maximum absolute atomic E-state index is 6.14. The fourth-order valence-electron chi connectivity index (χ4n) is 1.72. The minimum Gasteiger partial charge on any atom is -0.473 e. The Labute approximate surface area is 135 Å². The Bertz CT molecular complexity index is 585. The zero-order chi connectivity index (χ0) is 15.2. The van der Waals surface area contributed by atoms with Gasteiger partial charge in [-0.05, 0) is 23.3 Å². The van der Waals surface area contributed by atoms with Crippen LogP contribution in [0.2, 0.25) is 10.0 Å². The number of halogens is 2. The summed E-state index contributed by atoms with van der Waals surface area (Å²) in [5.74, 6) is 0.565. The summed E-state index contributed by atoms with van der Waals surface area (Å²) in [5.41, 5.74) is 2.02. The summed E-state index contributed by atoms with van der Waals surface area (Å²) in [6.45, 7) is 5.32. The fraction of sp³-hybridized carbons (Fsp3) is 0.312. The summed E-state index contributed by atoms with van der Waals surface area (Å²) in [7, 11) is 0. The molecule has 0 aliphatic heterocycles. The highest BCUT2D eigenvalue weighted by Gasteiger charge is 2.05. The number of aromatic nitrogens is 1. The molecule has 0 aliphatic carbocycles. The van der Waals surface area contributed by atoms with Gasteiger partial charge in [-0.3, -0.25) is 0 Å². The molecular formula is C16H18Cl2N2O. The van der Waals surface area contributed by atoms with Gasteiger partial charge in [0, 0.05) is 29.9 Å². The number of hydrogen-bond acceptors (Lipinski definition) is 3. The first-order chi connectivity index (χ1) is 10.0. The van der Waals surface area contributed by atoms with E-state index in [0.717, 1.165) is 11.1 Å². The van der Waals surface area contributed by atoms with Crippen molar-refractivity contribution in [1.82, 2.24) is 10.3 Å². The second-order valence-corrected chi connectivity index (χ2v) is 5.91. The van der Waals surface area contributed by atoms with E-state index in [1.807, 2.05) is 30.3 Å². The molecule has 0 saturated heterocycles. The van der Waals surface area contributed by atoms with Crippen LogP contribution in [-0.4, -0.2) is 11.0 Å². The molecule has 0 fully saturated rings. The van der Waals surface area contributed by atoms with E-state index >= 15 is 0 Å². The van der Waals surface area contributed by atoms with Crippen molar-refractivity contribution in [2.24, 2.45) is 0 Å². The SMILES string of the molecule is CC(C)NCc1cc(OCc2ccc(Cl)cc2)ncc1Cl. The van der Waals surface area contributed by atoms with Gasteiger partial charge in [-0.2, -0.15) is 0 Å². The van der Waals surface area contributed by atoms with E-state index in [1.165, 1.54) is 0 Å². The highest BCUT2D eigenvalue weighted by Crippen LogP contribution is 2.20. The van der Waals surface area contributed by atoms with Crippen LogP contribution in [0.5, 0.6) is 5.88 Å².